The molecule has 0 saturated carbocycles. The predicted octanol–water partition coefficient (Wildman–Crippen LogP) is 1.06. The largest absolute Gasteiger partial charge is 0.394 e. The Morgan fingerprint density at radius 2 is 2.64 bits per heavy atom. The fourth-order valence-electron chi connectivity index (χ4n) is 0.552. The van der Waals surface area contributed by atoms with Crippen molar-refractivity contribution in [1.82, 2.24) is 0 Å². The van der Waals surface area contributed by atoms with Crippen LogP contribution in [0.3, 0.4) is 0 Å². The maximum absolute atomic E-state index is 5.19. The molecule has 0 aromatic carbocycles. The van der Waals surface area contributed by atoms with E-state index in [2.05, 4.69) is 5.16 Å². The van der Waals surface area contributed by atoms with Crippen LogP contribution in [0, 0.1) is 0 Å². The second-order valence-corrected chi connectivity index (χ2v) is 2.69. The standard InChI is InChI=1S/C7H10N2OS/c8-2-3-10-9-5-7-1-4-11-6-7/h1,4-6H,2-3,8H2. The molecule has 1 rings (SSSR count). The van der Waals surface area contributed by atoms with E-state index in [-0.39, 0.29) is 0 Å². The molecule has 1 aromatic rings. The topological polar surface area (TPSA) is 47.6 Å². The van der Waals surface area contributed by atoms with Gasteiger partial charge in [-0.3, -0.25) is 0 Å². The van der Waals surface area contributed by atoms with E-state index >= 15 is 0 Å². The lowest BCUT2D eigenvalue weighted by molar-refractivity contribution is 0.154. The van der Waals surface area contributed by atoms with Gasteiger partial charge in [-0.1, -0.05) is 5.16 Å². The van der Waals surface area contributed by atoms with Gasteiger partial charge >= 0.3 is 0 Å². The van der Waals surface area contributed by atoms with Gasteiger partial charge in [-0.05, 0) is 16.8 Å². The van der Waals surface area contributed by atoms with Crippen LogP contribution in [0.2, 0.25) is 0 Å². The summed E-state index contributed by atoms with van der Waals surface area (Å²) in [6.07, 6.45) is 1.67. The van der Waals surface area contributed by atoms with E-state index in [1.165, 1.54) is 0 Å². The fraction of sp³-hybridized carbons (Fsp3) is 0.286. The van der Waals surface area contributed by atoms with Gasteiger partial charge in [-0.25, -0.2) is 0 Å². The van der Waals surface area contributed by atoms with Crippen LogP contribution in [0.5, 0.6) is 0 Å². The van der Waals surface area contributed by atoms with Crippen molar-refractivity contribution in [3.8, 4) is 0 Å². The van der Waals surface area contributed by atoms with E-state index < -0.39 is 0 Å². The molecular weight excluding hydrogens is 160 g/mol. The molecule has 0 aliphatic rings. The molecule has 11 heavy (non-hydrogen) atoms. The summed E-state index contributed by atoms with van der Waals surface area (Å²) in [5.41, 5.74) is 6.25. The molecule has 0 saturated heterocycles. The van der Waals surface area contributed by atoms with Crippen LogP contribution in [-0.2, 0) is 4.84 Å². The summed E-state index contributed by atoms with van der Waals surface area (Å²) >= 11 is 1.63. The molecule has 60 valence electrons. The van der Waals surface area contributed by atoms with Gasteiger partial charge in [-0.2, -0.15) is 11.3 Å². The first kappa shape index (κ1) is 8.23. The van der Waals surface area contributed by atoms with Gasteiger partial charge in [0.15, 0.2) is 0 Å². The zero-order chi connectivity index (χ0) is 7.94. The average Bonchev–Trinajstić information content (AvgIpc) is 2.50. The van der Waals surface area contributed by atoms with Gasteiger partial charge in [0.05, 0.1) is 6.21 Å². The van der Waals surface area contributed by atoms with E-state index in [9.17, 15) is 0 Å². The van der Waals surface area contributed by atoms with E-state index in [1.54, 1.807) is 17.6 Å². The highest BCUT2D eigenvalue weighted by atomic mass is 32.1. The molecule has 3 nitrogen and oxygen atoms in total. The summed E-state index contributed by atoms with van der Waals surface area (Å²) in [6.45, 7) is 0.974. The van der Waals surface area contributed by atoms with Crippen molar-refractivity contribution in [2.24, 2.45) is 10.9 Å². The molecule has 0 radical (unpaired) electrons. The first-order chi connectivity index (χ1) is 5.43. The number of hydrogen-bond acceptors (Lipinski definition) is 4. The lowest BCUT2D eigenvalue weighted by Crippen LogP contribution is -2.05. The van der Waals surface area contributed by atoms with Crippen molar-refractivity contribution in [3.63, 3.8) is 0 Å². The molecule has 0 spiro atoms. The Bertz CT molecular complexity index is 208. The monoisotopic (exact) mass is 170 g/mol. The van der Waals surface area contributed by atoms with E-state index in [0.717, 1.165) is 5.56 Å². The summed E-state index contributed by atoms with van der Waals surface area (Å²) in [5, 5.41) is 7.69. The smallest absolute Gasteiger partial charge is 0.129 e. The number of nitrogens with two attached hydrogens (primary N) is 1. The Hall–Kier alpha value is -0.870. The Kier molecular flexibility index (Phi) is 3.64. The molecule has 0 aliphatic heterocycles. The number of oxime groups is 1. The normalized spacial score (nSPS) is 10.6. The number of thiophene rings is 1. The highest BCUT2D eigenvalue weighted by Gasteiger charge is 1.84. The predicted molar refractivity (Wildman–Crippen MR) is 46.9 cm³/mol. The summed E-state index contributed by atoms with van der Waals surface area (Å²) in [6, 6.07) is 1.97. The molecular formula is C7H10N2OS. The minimum absolute atomic E-state index is 0.473. The Labute approximate surface area is 69.5 Å². The van der Waals surface area contributed by atoms with Gasteiger partial charge in [0, 0.05) is 12.1 Å². The maximum atomic E-state index is 5.19. The highest BCUT2D eigenvalue weighted by molar-refractivity contribution is 7.08. The second-order valence-electron chi connectivity index (χ2n) is 1.91. The van der Waals surface area contributed by atoms with Gasteiger partial charge in [0.2, 0.25) is 0 Å². The minimum atomic E-state index is 0.473. The molecule has 0 amide bonds. The lowest BCUT2D eigenvalue weighted by Gasteiger charge is -1.91. The van der Waals surface area contributed by atoms with Gasteiger partial charge in [0.1, 0.15) is 6.61 Å². The minimum Gasteiger partial charge on any atom is -0.394 e. The van der Waals surface area contributed by atoms with Crippen molar-refractivity contribution in [2.75, 3.05) is 13.2 Å². The molecule has 0 bridgehead atoms. The molecule has 0 fully saturated rings. The summed E-state index contributed by atoms with van der Waals surface area (Å²) in [5.74, 6) is 0. The Morgan fingerprint density at radius 1 is 1.73 bits per heavy atom. The van der Waals surface area contributed by atoms with Crippen LogP contribution in [0.25, 0.3) is 0 Å². The van der Waals surface area contributed by atoms with Crippen molar-refractivity contribution < 1.29 is 4.84 Å². The van der Waals surface area contributed by atoms with Crippen molar-refractivity contribution in [3.05, 3.63) is 22.4 Å². The molecule has 1 aromatic heterocycles. The zero-order valence-corrected chi connectivity index (χ0v) is 6.88. The zero-order valence-electron chi connectivity index (χ0n) is 6.06. The van der Waals surface area contributed by atoms with Crippen LogP contribution in [0.4, 0.5) is 0 Å². The van der Waals surface area contributed by atoms with Gasteiger partial charge < -0.3 is 10.6 Å². The summed E-state index contributed by atoms with van der Waals surface area (Å²) in [4.78, 5) is 4.81. The van der Waals surface area contributed by atoms with E-state index in [1.807, 2.05) is 16.8 Å². The van der Waals surface area contributed by atoms with E-state index in [0.29, 0.717) is 13.2 Å². The number of nitrogens with zero attached hydrogens (tertiary/aromatic N) is 1. The van der Waals surface area contributed by atoms with Gasteiger partial charge in [-0.15, -0.1) is 0 Å². The maximum Gasteiger partial charge on any atom is 0.129 e. The molecule has 0 atom stereocenters. The third-order valence-corrected chi connectivity index (χ3v) is 1.73. The summed E-state index contributed by atoms with van der Waals surface area (Å²) < 4.78 is 0. The first-order valence-corrected chi connectivity index (χ1v) is 4.25. The second kappa shape index (κ2) is 4.87. The third kappa shape index (κ3) is 3.15. The van der Waals surface area contributed by atoms with Gasteiger partial charge in [0.25, 0.3) is 0 Å². The number of hydrogen-bond donors (Lipinski definition) is 1. The van der Waals surface area contributed by atoms with Crippen molar-refractivity contribution in [2.45, 2.75) is 0 Å². The average molecular weight is 170 g/mol. The molecule has 1 heterocycles. The fourth-order valence-corrected chi connectivity index (χ4v) is 1.16. The molecule has 4 heteroatoms. The Morgan fingerprint density at radius 3 is 3.27 bits per heavy atom. The van der Waals surface area contributed by atoms with Crippen LogP contribution in [-0.4, -0.2) is 19.4 Å². The van der Waals surface area contributed by atoms with Crippen LogP contribution < -0.4 is 5.73 Å². The highest BCUT2D eigenvalue weighted by Crippen LogP contribution is 2.02. The third-order valence-electron chi connectivity index (χ3n) is 1.03. The van der Waals surface area contributed by atoms with Crippen LogP contribution in [0.15, 0.2) is 22.0 Å². The van der Waals surface area contributed by atoms with E-state index in [4.69, 9.17) is 10.6 Å². The van der Waals surface area contributed by atoms with Crippen LogP contribution in [0.1, 0.15) is 5.56 Å². The summed E-state index contributed by atoms with van der Waals surface area (Å²) in [7, 11) is 0. The SMILES string of the molecule is NCCON=Cc1ccsc1. The van der Waals surface area contributed by atoms with Crippen molar-refractivity contribution in [1.29, 1.82) is 0 Å². The Balaban J connectivity index is 2.25. The van der Waals surface area contributed by atoms with Crippen molar-refractivity contribution >= 4 is 17.6 Å². The number of rotatable bonds is 4. The first-order valence-electron chi connectivity index (χ1n) is 3.31. The van der Waals surface area contributed by atoms with Crippen LogP contribution >= 0.6 is 11.3 Å². The quantitative estimate of drug-likeness (QED) is 0.417. The molecule has 2 N–H and O–H groups in total. The molecule has 0 unspecified atom stereocenters. The molecule has 0 aliphatic carbocycles. The lowest BCUT2D eigenvalue weighted by atomic mass is 10.4.